The summed E-state index contributed by atoms with van der Waals surface area (Å²) in [5.74, 6) is -0.258. The summed E-state index contributed by atoms with van der Waals surface area (Å²) in [5.41, 5.74) is 1.94. The van der Waals surface area contributed by atoms with Crippen molar-refractivity contribution in [2.75, 3.05) is 5.32 Å². The fourth-order valence-corrected chi connectivity index (χ4v) is 1.75. The molecule has 2 aromatic rings. The molecular weight excluding hydrogens is 273 g/mol. The number of aryl methyl sites for hydroxylation is 1. The molecule has 0 aliphatic carbocycles. The maximum absolute atomic E-state index is 13.0. The average molecular weight is 284 g/mol. The van der Waals surface area contributed by atoms with Gasteiger partial charge < -0.3 is 5.32 Å². The van der Waals surface area contributed by atoms with Crippen molar-refractivity contribution < 1.29 is 4.39 Å². The highest BCUT2D eigenvalue weighted by Gasteiger charge is 2.01. The van der Waals surface area contributed by atoms with Gasteiger partial charge in [-0.1, -0.05) is 0 Å². The molecule has 0 amide bonds. The molecule has 5 heteroatoms. The third-order valence-electron chi connectivity index (χ3n) is 2.32. The van der Waals surface area contributed by atoms with Gasteiger partial charge in [0.2, 0.25) is 0 Å². The molecule has 0 atom stereocenters. The number of hydrogen-bond acceptors (Lipinski definition) is 2. The molecule has 1 aromatic carbocycles. The number of aromatic nitrogens is 2. The highest BCUT2D eigenvalue weighted by Crippen LogP contribution is 2.20. The van der Waals surface area contributed by atoms with Gasteiger partial charge in [-0.25, -0.2) is 4.39 Å². The van der Waals surface area contributed by atoms with E-state index in [0.29, 0.717) is 11.0 Å². The Bertz CT molecular complexity index is 496. The molecule has 0 spiro atoms. The fourth-order valence-electron chi connectivity index (χ4n) is 1.37. The molecule has 84 valence electrons. The number of hydrogen-bond donors (Lipinski definition) is 1. The summed E-state index contributed by atoms with van der Waals surface area (Å²) < 4.78 is 15.2. The molecule has 0 bridgehead atoms. The van der Waals surface area contributed by atoms with E-state index in [4.69, 9.17) is 0 Å². The first-order valence-electron chi connectivity index (χ1n) is 4.82. The van der Waals surface area contributed by atoms with Crippen molar-refractivity contribution in [1.29, 1.82) is 0 Å². The first-order chi connectivity index (χ1) is 7.66. The van der Waals surface area contributed by atoms with Crippen LogP contribution in [0.5, 0.6) is 0 Å². The van der Waals surface area contributed by atoms with E-state index >= 15 is 0 Å². The van der Waals surface area contributed by atoms with Crippen molar-refractivity contribution in [3.63, 3.8) is 0 Å². The molecule has 0 unspecified atom stereocenters. The Hall–Kier alpha value is -1.36. The molecular formula is C11H11BrFN3. The van der Waals surface area contributed by atoms with Gasteiger partial charge in [0, 0.05) is 18.9 Å². The Morgan fingerprint density at radius 1 is 1.44 bits per heavy atom. The van der Waals surface area contributed by atoms with Crippen LogP contribution in [0.3, 0.4) is 0 Å². The molecule has 0 saturated carbocycles. The maximum atomic E-state index is 13.0. The zero-order chi connectivity index (χ0) is 11.5. The van der Waals surface area contributed by atoms with Crippen LogP contribution in [0.15, 0.2) is 34.9 Å². The molecule has 2 rings (SSSR count). The lowest BCUT2D eigenvalue weighted by atomic mass is 10.3. The van der Waals surface area contributed by atoms with Crippen molar-refractivity contribution in [1.82, 2.24) is 9.78 Å². The molecule has 1 N–H and O–H groups in total. The minimum atomic E-state index is -0.258. The lowest BCUT2D eigenvalue weighted by molar-refractivity contribution is 0.621. The third-order valence-corrected chi connectivity index (χ3v) is 2.92. The number of anilines is 1. The molecule has 0 radical (unpaired) electrons. The topological polar surface area (TPSA) is 29.9 Å². The summed E-state index contributed by atoms with van der Waals surface area (Å²) in [5, 5.41) is 7.27. The summed E-state index contributed by atoms with van der Waals surface area (Å²) in [6.45, 7) is 0.661. The fraction of sp³-hybridized carbons (Fsp3) is 0.182. The van der Waals surface area contributed by atoms with Crippen molar-refractivity contribution >= 4 is 21.6 Å². The van der Waals surface area contributed by atoms with Crippen LogP contribution in [0.4, 0.5) is 10.1 Å². The van der Waals surface area contributed by atoms with Gasteiger partial charge in [0.25, 0.3) is 0 Å². The standard InChI is InChI=1S/C11H11BrFN3/c1-16-9(4-5-15-16)7-14-8-2-3-11(13)10(12)6-8/h2-6,14H,7H2,1H3. The smallest absolute Gasteiger partial charge is 0.137 e. The molecule has 1 heterocycles. The van der Waals surface area contributed by atoms with Gasteiger partial charge >= 0.3 is 0 Å². The lowest BCUT2D eigenvalue weighted by Gasteiger charge is -2.07. The monoisotopic (exact) mass is 283 g/mol. The number of benzene rings is 1. The third kappa shape index (κ3) is 2.41. The van der Waals surface area contributed by atoms with E-state index in [9.17, 15) is 4.39 Å². The van der Waals surface area contributed by atoms with Gasteiger partial charge in [0.1, 0.15) is 5.82 Å². The Labute approximate surface area is 101 Å². The molecule has 16 heavy (non-hydrogen) atoms. The van der Waals surface area contributed by atoms with Crippen LogP contribution in [-0.4, -0.2) is 9.78 Å². The van der Waals surface area contributed by atoms with E-state index in [1.807, 2.05) is 13.1 Å². The SMILES string of the molecule is Cn1nccc1CNc1ccc(F)c(Br)c1. The van der Waals surface area contributed by atoms with E-state index in [1.165, 1.54) is 6.07 Å². The summed E-state index contributed by atoms with van der Waals surface area (Å²) in [4.78, 5) is 0. The second-order valence-corrected chi connectivity index (χ2v) is 4.28. The maximum Gasteiger partial charge on any atom is 0.137 e. The number of nitrogens with zero attached hydrogens (tertiary/aromatic N) is 2. The summed E-state index contributed by atoms with van der Waals surface area (Å²) in [7, 11) is 1.89. The molecule has 0 fully saturated rings. The van der Waals surface area contributed by atoms with E-state index in [0.717, 1.165) is 11.4 Å². The largest absolute Gasteiger partial charge is 0.379 e. The van der Waals surface area contributed by atoms with Gasteiger partial charge in [-0.2, -0.15) is 5.10 Å². The molecule has 0 aliphatic rings. The zero-order valence-electron chi connectivity index (χ0n) is 8.74. The average Bonchev–Trinajstić information content (AvgIpc) is 2.66. The summed E-state index contributed by atoms with van der Waals surface area (Å²) in [6, 6.07) is 6.78. The number of nitrogens with one attached hydrogen (secondary N) is 1. The second-order valence-electron chi connectivity index (χ2n) is 3.43. The Kier molecular flexibility index (Phi) is 3.24. The Morgan fingerprint density at radius 2 is 2.25 bits per heavy atom. The van der Waals surface area contributed by atoms with Crippen LogP contribution in [0.2, 0.25) is 0 Å². The first kappa shape index (κ1) is 11.1. The number of rotatable bonds is 3. The Balaban J connectivity index is 2.05. The van der Waals surface area contributed by atoms with Crippen molar-refractivity contribution in [2.45, 2.75) is 6.54 Å². The van der Waals surface area contributed by atoms with Crippen LogP contribution in [-0.2, 0) is 13.6 Å². The van der Waals surface area contributed by atoms with E-state index in [-0.39, 0.29) is 5.82 Å². The normalized spacial score (nSPS) is 10.4. The predicted molar refractivity (Wildman–Crippen MR) is 64.6 cm³/mol. The van der Waals surface area contributed by atoms with Crippen LogP contribution in [0.25, 0.3) is 0 Å². The number of halogens is 2. The molecule has 1 aromatic heterocycles. The van der Waals surface area contributed by atoms with Crippen LogP contribution < -0.4 is 5.32 Å². The minimum absolute atomic E-state index is 0.258. The van der Waals surface area contributed by atoms with Gasteiger partial charge in [-0.15, -0.1) is 0 Å². The van der Waals surface area contributed by atoms with Crippen molar-refractivity contribution in [2.24, 2.45) is 7.05 Å². The summed E-state index contributed by atoms with van der Waals surface area (Å²) >= 11 is 3.15. The molecule has 3 nitrogen and oxygen atoms in total. The second kappa shape index (κ2) is 4.65. The lowest BCUT2D eigenvalue weighted by Crippen LogP contribution is -2.05. The first-order valence-corrected chi connectivity index (χ1v) is 5.62. The van der Waals surface area contributed by atoms with E-state index in [1.54, 1.807) is 23.0 Å². The van der Waals surface area contributed by atoms with Crippen LogP contribution >= 0.6 is 15.9 Å². The van der Waals surface area contributed by atoms with E-state index in [2.05, 4.69) is 26.3 Å². The van der Waals surface area contributed by atoms with E-state index < -0.39 is 0 Å². The van der Waals surface area contributed by atoms with Gasteiger partial charge in [-0.05, 0) is 40.2 Å². The molecule has 0 aliphatic heterocycles. The predicted octanol–water partition coefficient (Wildman–Crippen LogP) is 2.93. The Morgan fingerprint density at radius 3 is 2.88 bits per heavy atom. The highest BCUT2D eigenvalue weighted by atomic mass is 79.9. The van der Waals surface area contributed by atoms with Crippen molar-refractivity contribution in [3.8, 4) is 0 Å². The zero-order valence-corrected chi connectivity index (χ0v) is 10.3. The summed E-state index contributed by atoms with van der Waals surface area (Å²) in [6.07, 6.45) is 1.75. The van der Waals surface area contributed by atoms with Gasteiger partial charge in [0.05, 0.1) is 16.7 Å². The van der Waals surface area contributed by atoms with Crippen LogP contribution in [0.1, 0.15) is 5.69 Å². The van der Waals surface area contributed by atoms with Crippen molar-refractivity contribution in [3.05, 3.63) is 46.4 Å². The minimum Gasteiger partial charge on any atom is -0.379 e. The van der Waals surface area contributed by atoms with Crippen LogP contribution in [0, 0.1) is 5.82 Å². The molecule has 0 saturated heterocycles. The quantitative estimate of drug-likeness (QED) is 0.939. The van der Waals surface area contributed by atoms with Gasteiger partial charge in [0.15, 0.2) is 0 Å². The van der Waals surface area contributed by atoms with Gasteiger partial charge in [-0.3, -0.25) is 4.68 Å². The highest BCUT2D eigenvalue weighted by molar-refractivity contribution is 9.10.